The fraction of sp³-hybridized carbons (Fsp3) is 0.0714. The average Bonchev–Trinajstić information content (AvgIpc) is 2.41. The molecule has 0 spiro atoms. The lowest BCUT2D eigenvalue weighted by Crippen LogP contribution is -2.07. The topological polar surface area (TPSA) is 71.4 Å². The van der Waals surface area contributed by atoms with Gasteiger partial charge in [0.05, 0.1) is 21.2 Å². The molecular weight excluding hydrogens is 335 g/mol. The summed E-state index contributed by atoms with van der Waals surface area (Å²) in [7, 11) is -3.72. The molecule has 0 fully saturated rings. The summed E-state index contributed by atoms with van der Waals surface area (Å²) in [5.41, 5.74) is 0.197. The number of rotatable bonds is 4. The molecule has 0 aliphatic rings. The van der Waals surface area contributed by atoms with Gasteiger partial charge in [-0.05, 0) is 29.8 Å². The molecule has 110 valence electrons. The zero-order valence-electron chi connectivity index (χ0n) is 10.6. The van der Waals surface area contributed by atoms with Crippen molar-refractivity contribution in [3.05, 3.63) is 63.6 Å². The van der Waals surface area contributed by atoms with Gasteiger partial charge in [-0.25, -0.2) is 13.2 Å². The second-order valence-electron chi connectivity index (χ2n) is 4.30. The van der Waals surface area contributed by atoms with E-state index in [4.69, 9.17) is 28.3 Å². The van der Waals surface area contributed by atoms with Crippen molar-refractivity contribution in [3.8, 4) is 0 Å². The van der Waals surface area contributed by atoms with Gasteiger partial charge >= 0.3 is 5.97 Å². The first-order chi connectivity index (χ1) is 9.81. The summed E-state index contributed by atoms with van der Waals surface area (Å²) in [5.74, 6) is -1.59. The molecular formula is C14H10Cl2O4S. The van der Waals surface area contributed by atoms with Crippen molar-refractivity contribution in [1.82, 2.24) is 0 Å². The second-order valence-corrected chi connectivity index (χ2v) is 7.10. The lowest BCUT2D eigenvalue weighted by Gasteiger charge is -2.08. The molecule has 0 heterocycles. The van der Waals surface area contributed by atoms with E-state index in [-0.39, 0.29) is 21.2 Å². The molecule has 0 saturated heterocycles. The molecule has 0 amide bonds. The third kappa shape index (κ3) is 3.56. The van der Waals surface area contributed by atoms with Crippen LogP contribution < -0.4 is 0 Å². The van der Waals surface area contributed by atoms with Gasteiger partial charge in [-0.1, -0.05) is 41.4 Å². The Balaban J connectivity index is 2.43. The normalized spacial score (nSPS) is 11.3. The molecule has 2 rings (SSSR count). The Morgan fingerprint density at radius 2 is 1.71 bits per heavy atom. The molecule has 0 unspecified atom stereocenters. The Labute approximate surface area is 131 Å². The van der Waals surface area contributed by atoms with E-state index in [2.05, 4.69) is 0 Å². The van der Waals surface area contributed by atoms with Crippen LogP contribution in [0.1, 0.15) is 15.9 Å². The maximum atomic E-state index is 12.3. The van der Waals surface area contributed by atoms with Crippen molar-refractivity contribution in [2.75, 3.05) is 0 Å². The molecule has 1 N–H and O–H groups in total. The van der Waals surface area contributed by atoms with E-state index < -0.39 is 15.8 Å². The van der Waals surface area contributed by atoms with Gasteiger partial charge in [-0.15, -0.1) is 0 Å². The smallest absolute Gasteiger partial charge is 0.337 e. The number of sulfone groups is 1. The van der Waals surface area contributed by atoms with Crippen LogP contribution >= 0.6 is 23.2 Å². The molecule has 2 aromatic carbocycles. The van der Waals surface area contributed by atoms with E-state index in [0.29, 0.717) is 10.6 Å². The SMILES string of the molecule is O=C(O)c1cc(S(=O)(=O)Cc2ccccc2Cl)ccc1Cl. The van der Waals surface area contributed by atoms with Crippen molar-refractivity contribution in [1.29, 1.82) is 0 Å². The van der Waals surface area contributed by atoms with Crippen molar-refractivity contribution >= 4 is 39.0 Å². The summed E-state index contributed by atoms with van der Waals surface area (Å²) in [4.78, 5) is 10.9. The van der Waals surface area contributed by atoms with E-state index in [1.165, 1.54) is 12.1 Å². The van der Waals surface area contributed by atoms with Gasteiger partial charge in [0.2, 0.25) is 0 Å². The van der Waals surface area contributed by atoms with Crippen molar-refractivity contribution in [2.24, 2.45) is 0 Å². The molecule has 2 aromatic rings. The fourth-order valence-electron chi connectivity index (χ4n) is 1.77. The number of halogens is 2. The zero-order valence-corrected chi connectivity index (χ0v) is 12.9. The van der Waals surface area contributed by atoms with Crippen molar-refractivity contribution in [2.45, 2.75) is 10.6 Å². The van der Waals surface area contributed by atoms with Crippen LogP contribution in [0.2, 0.25) is 10.0 Å². The highest BCUT2D eigenvalue weighted by atomic mass is 35.5. The quantitative estimate of drug-likeness (QED) is 0.918. The van der Waals surface area contributed by atoms with Gasteiger partial charge < -0.3 is 5.11 Å². The summed E-state index contributed by atoms with van der Waals surface area (Å²) in [6.45, 7) is 0. The Hall–Kier alpha value is -1.56. The van der Waals surface area contributed by atoms with Crippen LogP contribution in [0.3, 0.4) is 0 Å². The highest BCUT2D eigenvalue weighted by Gasteiger charge is 2.20. The van der Waals surface area contributed by atoms with Gasteiger partial charge in [0.15, 0.2) is 9.84 Å². The van der Waals surface area contributed by atoms with Gasteiger partial charge in [-0.2, -0.15) is 0 Å². The van der Waals surface area contributed by atoms with Gasteiger partial charge in [-0.3, -0.25) is 0 Å². The fourth-order valence-corrected chi connectivity index (χ4v) is 3.65. The first-order valence-corrected chi connectivity index (χ1v) is 8.21. The maximum absolute atomic E-state index is 12.3. The van der Waals surface area contributed by atoms with Gasteiger partial charge in [0.1, 0.15) is 0 Å². The first kappa shape index (κ1) is 15.8. The van der Waals surface area contributed by atoms with Crippen LogP contribution in [0.4, 0.5) is 0 Å². The minimum atomic E-state index is -3.72. The van der Waals surface area contributed by atoms with Crippen LogP contribution in [0.15, 0.2) is 47.4 Å². The summed E-state index contributed by atoms with van der Waals surface area (Å²) in [5, 5.41) is 9.32. The number of hydrogen-bond donors (Lipinski definition) is 1. The van der Waals surface area contributed by atoms with Crippen molar-refractivity contribution < 1.29 is 18.3 Å². The van der Waals surface area contributed by atoms with Gasteiger partial charge in [0.25, 0.3) is 0 Å². The molecule has 4 nitrogen and oxygen atoms in total. The standard InChI is InChI=1S/C14H10Cl2O4S/c15-12-4-2-1-3-9(12)8-21(19,20)10-5-6-13(16)11(7-10)14(17)18/h1-7H,8H2,(H,17,18). The Bertz CT molecular complexity index is 800. The predicted octanol–water partition coefficient (Wildman–Crippen LogP) is 3.67. The minimum absolute atomic E-state index is 0.0146. The molecule has 0 radical (unpaired) electrons. The monoisotopic (exact) mass is 344 g/mol. The zero-order chi connectivity index (χ0) is 15.6. The molecule has 0 aliphatic heterocycles. The van der Waals surface area contributed by atoms with Crippen LogP contribution in [-0.2, 0) is 15.6 Å². The third-order valence-electron chi connectivity index (χ3n) is 2.83. The number of carboxylic acids is 1. The second kappa shape index (κ2) is 6.05. The van der Waals surface area contributed by atoms with E-state index >= 15 is 0 Å². The molecule has 21 heavy (non-hydrogen) atoms. The highest BCUT2D eigenvalue weighted by Crippen LogP contribution is 2.25. The predicted molar refractivity (Wildman–Crippen MR) is 80.8 cm³/mol. The first-order valence-electron chi connectivity index (χ1n) is 5.80. The van der Waals surface area contributed by atoms with Crippen LogP contribution in [-0.4, -0.2) is 19.5 Å². The molecule has 0 atom stereocenters. The number of aromatic carboxylic acids is 1. The minimum Gasteiger partial charge on any atom is -0.478 e. The number of benzene rings is 2. The molecule has 0 aromatic heterocycles. The van der Waals surface area contributed by atoms with E-state index in [1.54, 1.807) is 24.3 Å². The van der Waals surface area contributed by atoms with Crippen molar-refractivity contribution in [3.63, 3.8) is 0 Å². The summed E-state index contributed by atoms with van der Waals surface area (Å²) in [6, 6.07) is 10.2. The third-order valence-corrected chi connectivity index (χ3v) is 5.19. The number of carboxylic acid groups (broad SMARTS) is 1. The maximum Gasteiger partial charge on any atom is 0.337 e. The molecule has 0 saturated carbocycles. The van der Waals surface area contributed by atoms with Crippen LogP contribution in [0, 0.1) is 0 Å². The summed E-state index contributed by atoms with van der Waals surface area (Å²) >= 11 is 11.7. The Morgan fingerprint density at radius 1 is 1.05 bits per heavy atom. The van der Waals surface area contributed by atoms with Crippen LogP contribution in [0.25, 0.3) is 0 Å². The lowest BCUT2D eigenvalue weighted by molar-refractivity contribution is 0.0697. The average molecular weight is 345 g/mol. The highest BCUT2D eigenvalue weighted by molar-refractivity contribution is 7.90. The Kier molecular flexibility index (Phi) is 4.56. The number of carbonyl (C=O) groups is 1. The number of hydrogen-bond acceptors (Lipinski definition) is 3. The van der Waals surface area contributed by atoms with E-state index in [1.807, 2.05) is 0 Å². The lowest BCUT2D eigenvalue weighted by atomic mass is 10.2. The summed E-state index contributed by atoms with van der Waals surface area (Å²) < 4.78 is 24.7. The van der Waals surface area contributed by atoms with Crippen LogP contribution in [0.5, 0.6) is 0 Å². The molecule has 0 aliphatic carbocycles. The van der Waals surface area contributed by atoms with Gasteiger partial charge in [0, 0.05) is 5.02 Å². The molecule has 7 heteroatoms. The Morgan fingerprint density at radius 3 is 2.33 bits per heavy atom. The molecule has 0 bridgehead atoms. The van der Waals surface area contributed by atoms with E-state index in [0.717, 1.165) is 6.07 Å². The van der Waals surface area contributed by atoms with E-state index in [9.17, 15) is 13.2 Å². The largest absolute Gasteiger partial charge is 0.478 e. The summed E-state index contributed by atoms with van der Waals surface area (Å²) in [6.07, 6.45) is 0.